The molecule has 4 heteroatoms. The van der Waals surface area contributed by atoms with E-state index in [-0.39, 0.29) is 11.8 Å². The van der Waals surface area contributed by atoms with Gasteiger partial charge in [0.05, 0.1) is 0 Å². The van der Waals surface area contributed by atoms with Gasteiger partial charge < -0.3 is 10.2 Å². The number of halogens is 1. The minimum absolute atomic E-state index is 0.0752. The van der Waals surface area contributed by atoms with Crippen LogP contribution < -0.4 is 5.32 Å². The maximum absolute atomic E-state index is 11.9. The summed E-state index contributed by atoms with van der Waals surface area (Å²) in [6, 6.07) is 8.80. The Morgan fingerprint density at radius 1 is 1.25 bits per heavy atom. The van der Waals surface area contributed by atoms with E-state index in [4.69, 9.17) is 11.6 Å². The van der Waals surface area contributed by atoms with E-state index in [2.05, 4.69) is 22.3 Å². The first-order chi connectivity index (χ1) is 11.5. The van der Waals surface area contributed by atoms with Crippen LogP contribution in [0.25, 0.3) is 0 Å². The molecule has 2 fully saturated rings. The maximum atomic E-state index is 11.9. The molecule has 1 saturated carbocycles. The first-order valence-electron chi connectivity index (χ1n) is 9.27. The highest BCUT2D eigenvalue weighted by Gasteiger charge is 2.40. The van der Waals surface area contributed by atoms with E-state index in [1.165, 1.54) is 24.8 Å². The fraction of sp³-hybridized carbons (Fsp3) is 0.650. The molecule has 1 amide bonds. The van der Waals surface area contributed by atoms with Gasteiger partial charge in [0, 0.05) is 42.0 Å². The molecule has 2 aliphatic rings. The molecule has 132 valence electrons. The van der Waals surface area contributed by atoms with E-state index in [1.807, 2.05) is 26.0 Å². The lowest BCUT2D eigenvalue weighted by Crippen LogP contribution is -2.51. The summed E-state index contributed by atoms with van der Waals surface area (Å²) in [4.78, 5) is 14.4. The highest BCUT2D eigenvalue weighted by Crippen LogP contribution is 2.44. The summed E-state index contributed by atoms with van der Waals surface area (Å²) < 4.78 is 0. The molecule has 1 aliphatic carbocycles. The quantitative estimate of drug-likeness (QED) is 0.872. The van der Waals surface area contributed by atoms with E-state index >= 15 is 0 Å². The minimum atomic E-state index is 0.0752. The topological polar surface area (TPSA) is 32.3 Å². The Morgan fingerprint density at radius 3 is 2.38 bits per heavy atom. The van der Waals surface area contributed by atoms with Gasteiger partial charge in [-0.25, -0.2) is 0 Å². The third-order valence-electron chi connectivity index (χ3n) is 5.75. The monoisotopic (exact) mass is 348 g/mol. The van der Waals surface area contributed by atoms with E-state index in [0.29, 0.717) is 11.5 Å². The summed E-state index contributed by atoms with van der Waals surface area (Å²) in [6.07, 6.45) is 6.01. The average Bonchev–Trinajstić information content (AvgIpc) is 2.53. The number of piperidine rings is 1. The Hall–Kier alpha value is -1.06. The van der Waals surface area contributed by atoms with Crippen molar-refractivity contribution in [2.24, 2.45) is 5.92 Å². The number of nitrogens with zero attached hydrogens (tertiary/aromatic N) is 1. The Labute approximate surface area is 150 Å². The number of rotatable bonds is 5. The Bertz CT molecular complexity index is 558. The normalized spacial score (nSPS) is 21.5. The number of benzene rings is 1. The molecule has 1 saturated heterocycles. The van der Waals surface area contributed by atoms with E-state index in [0.717, 1.165) is 37.5 Å². The molecule has 1 aliphatic heterocycles. The van der Waals surface area contributed by atoms with Gasteiger partial charge in [-0.05, 0) is 43.4 Å². The van der Waals surface area contributed by atoms with Crippen LogP contribution in [0.1, 0.15) is 51.5 Å². The molecule has 0 bridgehead atoms. The van der Waals surface area contributed by atoms with Crippen LogP contribution in [0.4, 0.5) is 0 Å². The number of carbonyl (C=O) groups excluding carboxylic acids is 1. The third-order valence-corrected chi connectivity index (χ3v) is 6.00. The summed E-state index contributed by atoms with van der Waals surface area (Å²) in [5.74, 6) is 0.260. The fourth-order valence-electron chi connectivity index (χ4n) is 3.98. The smallest absolute Gasteiger partial charge is 0.222 e. The first-order valence-corrected chi connectivity index (χ1v) is 9.65. The maximum Gasteiger partial charge on any atom is 0.222 e. The fourth-order valence-corrected chi connectivity index (χ4v) is 4.10. The summed E-state index contributed by atoms with van der Waals surface area (Å²) in [6.45, 7) is 7.21. The van der Waals surface area contributed by atoms with Gasteiger partial charge in [0.2, 0.25) is 5.91 Å². The predicted octanol–water partition coefficient (Wildman–Crippen LogP) is 4.00. The van der Waals surface area contributed by atoms with Crippen LogP contribution in [0.15, 0.2) is 24.3 Å². The van der Waals surface area contributed by atoms with Crippen molar-refractivity contribution in [3.8, 4) is 0 Å². The van der Waals surface area contributed by atoms with Crippen molar-refractivity contribution in [3.63, 3.8) is 0 Å². The molecule has 0 atom stereocenters. The summed E-state index contributed by atoms with van der Waals surface area (Å²) >= 11 is 6.05. The second kappa shape index (κ2) is 7.45. The minimum Gasteiger partial charge on any atom is -0.353 e. The molecule has 1 aromatic rings. The third kappa shape index (κ3) is 3.94. The lowest BCUT2D eigenvalue weighted by molar-refractivity contribution is -0.125. The summed E-state index contributed by atoms with van der Waals surface area (Å²) in [7, 11) is 0. The summed E-state index contributed by atoms with van der Waals surface area (Å²) in [5.41, 5.74) is 1.76. The first kappa shape index (κ1) is 17.8. The number of hydrogen-bond acceptors (Lipinski definition) is 2. The lowest BCUT2D eigenvalue weighted by Gasteiger charge is -2.47. The number of carbonyl (C=O) groups is 1. The number of amides is 1. The highest BCUT2D eigenvalue weighted by atomic mass is 35.5. The molecule has 3 rings (SSSR count). The second-order valence-corrected chi connectivity index (χ2v) is 8.29. The molecular weight excluding hydrogens is 320 g/mol. The van der Waals surface area contributed by atoms with Crippen LogP contribution in [-0.2, 0) is 10.2 Å². The highest BCUT2D eigenvalue weighted by molar-refractivity contribution is 6.30. The zero-order valence-corrected chi connectivity index (χ0v) is 15.6. The lowest BCUT2D eigenvalue weighted by atomic mass is 9.64. The van der Waals surface area contributed by atoms with Crippen LogP contribution in [0.5, 0.6) is 0 Å². The van der Waals surface area contributed by atoms with Crippen LogP contribution in [0.3, 0.4) is 0 Å². The van der Waals surface area contributed by atoms with Gasteiger partial charge in [-0.3, -0.25) is 4.79 Å². The molecule has 1 aromatic carbocycles. The Morgan fingerprint density at radius 2 is 1.88 bits per heavy atom. The van der Waals surface area contributed by atoms with Crippen LogP contribution >= 0.6 is 11.6 Å². The molecule has 0 aromatic heterocycles. The molecule has 24 heavy (non-hydrogen) atoms. The molecule has 1 heterocycles. The van der Waals surface area contributed by atoms with Crippen molar-refractivity contribution in [2.75, 3.05) is 19.6 Å². The van der Waals surface area contributed by atoms with Crippen molar-refractivity contribution in [2.45, 2.75) is 57.4 Å². The van der Waals surface area contributed by atoms with Gasteiger partial charge >= 0.3 is 0 Å². The number of likely N-dealkylation sites (tertiary alicyclic amines) is 1. The molecular formula is C20H29ClN2O. The zero-order chi connectivity index (χ0) is 17.2. The van der Waals surface area contributed by atoms with Crippen molar-refractivity contribution >= 4 is 17.5 Å². The molecule has 0 spiro atoms. The largest absolute Gasteiger partial charge is 0.353 e. The standard InChI is InChI=1S/C20H29ClN2O/c1-15(2)19(24)22-18-8-12-23(13-9-18)14-20(10-3-11-20)16-4-6-17(21)7-5-16/h4-7,15,18H,3,8-14H2,1-2H3,(H,22,24). The van der Waals surface area contributed by atoms with E-state index in [1.54, 1.807) is 0 Å². The van der Waals surface area contributed by atoms with Crippen LogP contribution in [0, 0.1) is 5.92 Å². The van der Waals surface area contributed by atoms with E-state index < -0.39 is 0 Å². The van der Waals surface area contributed by atoms with Crippen LogP contribution in [0.2, 0.25) is 5.02 Å². The second-order valence-electron chi connectivity index (χ2n) is 7.85. The van der Waals surface area contributed by atoms with Crippen molar-refractivity contribution in [3.05, 3.63) is 34.9 Å². The number of nitrogens with one attached hydrogen (secondary N) is 1. The Kier molecular flexibility index (Phi) is 5.51. The van der Waals surface area contributed by atoms with Gasteiger partial charge in [-0.1, -0.05) is 44.0 Å². The van der Waals surface area contributed by atoms with Crippen molar-refractivity contribution in [1.82, 2.24) is 10.2 Å². The van der Waals surface area contributed by atoms with Crippen molar-refractivity contribution < 1.29 is 4.79 Å². The molecule has 0 radical (unpaired) electrons. The van der Waals surface area contributed by atoms with Gasteiger partial charge in [0.15, 0.2) is 0 Å². The molecule has 3 nitrogen and oxygen atoms in total. The van der Waals surface area contributed by atoms with Gasteiger partial charge in [0.25, 0.3) is 0 Å². The zero-order valence-electron chi connectivity index (χ0n) is 14.9. The SMILES string of the molecule is CC(C)C(=O)NC1CCN(CC2(c3ccc(Cl)cc3)CCC2)CC1. The van der Waals surface area contributed by atoms with Gasteiger partial charge in [0.1, 0.15) is 0 Å². The number of hydrogen-bond donors (Lipinski definition) is 1. The predicted molar refractivity (Wildman–Crippen MR) is 99.4 cm³/mol. The summed E-state index contributed by atoms with van der Waals surface area (Å²) in [5, 5.41) is 4.00. The molecule has 0 unspecified atom stereocenters. The van der Waals surface area contributed by atoms with Crippen LogP contribution in [-0.4, -0.2) is 36.5 Å². The van der Waals surface area contributed by atoms with Gasteiger partial charge in [-0.2, -0.15) is 0 Å². The Balaban J connectivity index is 1.55. The average molecular weight is 349 g/mol. The van der Waals surface area contributed by atoms with E-state index in [9.17, 15) is 4.79 Å². The van der Waals surface area contributed by atoms with Crippen molar-refractivity contribution in [1.29, 1.82) is 0 Å². The molecule has 1 N–H and O–H groups in total. The van der Waals surface area contributed by atoms with Gasteiger partial charge in [-0.15, -0.1) is 0 Å².